The van der Waals surface area contributed by atoms with Gasteiger partial charge >= 0.3 is 0 Å². The Labute approximate surface area is 111 Å². The van der Waals surface area contributed by atoms with Crippen LogP contribution in [0.4, 0.5) is 0 Å². The first-order valence-electron chi connectivity index (χ1n) is 7.03. The van der Waals surface area contributed by atoms with E-state index < -0.39 is 0 Å². The van der Waals surface area contributed by atoms with E-state index in [0.717, 1.165) is 45.1 Å². The molecular formula is C14H28ClNO. The molecule has 3 heteroatoms. The van der Waals surface area contributed by atoms with Gasteiger partial charge < -0.3 is 5.32 Å². The maximum atomic E-state index is 12.0. The van der Waals surface area contributed by atoms with Crippen LogP contribution in [0, 0.1) is 11.8 Å². The van der Waals surface area contributed by atoms with Gasteiger partial charge in [0.1, 0.15) is 0 Å². The second-order valence-electron chi connectivity index (χ2n) is 4.74. The SMILES string of the molecule is CCCCC(CC)C(=O)NCC(CC)CCCl. The van der Waals surface area contributed by atoms with Gasteiger partial charge in [0.25, 0.3) is 0 Å². The highest BCUT2D eigenvalue weighted by Crippen LogP contribution is 2.13. The summed E-state index contributed by atoms with van der Waals surface area (Å²) in [6.45, 7) is 7.19. The van der Waals surface area contributed by atoms with Crippen LogP contribution >= 0.6 is 11.6 Å². The summed E-state index contributed by atoms with van der Waals surface area (Å²) in [6.07, 6.45) is 6.34. The average molecular weight is 262 g/mol. The number of rotatable bonds is 10. The number of hydrogen-bond acceptors (Lipinski definition) is 1. The van der Waals surface area contributed by atoms with Crippen LogP contribution in [-0.4, -0.2) is 18.3 Å². The van der Waals surface area contributed by atoms with Crippen molar-refractivity contribution in [2.45, 2.75) is 59.3 Å². The van der Waals surface area contributed by atoms with Gasteiger partial charge in [-0.3, -0.25) is 4.79 Å². The number of nitrogens with one attached hydrogen (secondary N) is 1. The molecule has 1 N–H and O–H groups in total. The third-order valence-corrected chi connectivity index (χ3v) is 3.65. The van der Waals surface area contributed by atoms with Gasteiger partial charge in [-0.25, -0.2) is 0 Å². The van der Waals surface area contributed by atoms with Crippen LogP contribution in [0.25, 0.3) is 0 Å². The van der Waals surface area contributed by atoms with Crippen molar-refractivity contribution < 1.29 is 4.79 Å². The first kappa shape index (κ1) is 16.8. The molecule has 0 aliphatic heterocycles. The van der Waals surface area contributed by atoms with Gasteiger partial charge in [-0.05, 0) is 25.2 Å². The Bertz CT molecular complexity index is 197. The van der Waals surface area contributed by atoms with E-state index in [-0.39, 0.29) is 11.8 Å². The lowest BCUT2D eigenvalue weighted by molar-refractivity contribution is -0.125. The molecule has 0 rings (SSSR count). The molecule has 2 nitrogen and oxygen atoms in total. The summed E-state index contributed by atoms with van der Waals surface area (Å²) in [5.41, 5.74) is 0. The summed E-state index contributed by atoms with van der Waals surface area (Å²) < 4.78 is 0. The molecule has 2 unspecified atom stereocenters. The molecule has 0 fully saturated rings. The van der Waals surface area contributed by atoms with Crippen molar-refractivity contribution in [1.29, 1.82) is 0 Å². The van der Waals surface area contributed by atoms with Crippen LogP contribution < -0.4 is 5.32 Å². The van der Waals surface area contributed by atoms with Crippen molar-refractivity contribution >= 4 is 17.5 Å². The molecule has 102 valence electrons. The molecule has 0 radical (unpaired) electrons. The molecular weight excluding hydrogens is 234 g/mol. The summed E-state index contributed by atoms with van der Waals surface area (Å²) >= 11 is 5.74. The number of carbonyl (C=O) groups is 1. The number of alkyl halides is 1. The standard InChI is InChI=1S/C14H28ClNO/c1-4-7-8-13(6-3)14(17)16-11-12(5-2)9-10-15/h12-13H,4-11H2,1-3H3,(H,16,17). The van der Waals surface area contributed by atoms with Crippen LogP contribution in [0.5, 0.6) is 0 Å². The molecule has 0 saturated heterocycles. The van der Waals surface area contributed by atoms with Crippen LogP contribution in [0.15, 0.2) is 0 Å². The molecule has 1 amide bonds. The van der Waals surface area contributed by atoms with Crippen molar-refractivity contribution in [2.24, 2.45) is 11.8 Å². The third-order valence-electron chi connectivity index (χ3n) is 3.43. The van der Waals surface area contributed by atoms with E-state index in [0.29, 0.717) is 11.8 Å². The van der Waals surface area contributed by atoms with Gasteiger partial charge in [0.05, 0.1) is 0 Å². The molecule has 17 heavy (non-hydrogen) atoms. The Morgan fingerprint density at radius 2 is 1.88 bits per heavy atom. The van der Waals surface area contributed by atoms with Gasteiger partial charge in [-0.1, -0.05) is 40.0 Å². The first-order chi connectivity index (χ1) is 8.19. The number of halogens is 1. The van der Waals surface area contributed by atoms with E-state index in [2.05, 4.69) is 26.1 Å². The molecule has 0 aliphatic rings. The maximum absolute atomic E-state index is 12.0. The summed E-state index contributed by atoms with van der Waals surface area (Å²) in [4.78, 5) is 12.0. The van der Waals surface area contributed by atoms with E-state index in [4.69, 9.17) is 11.6 Å². The molecule has 0 bridgehead atoms. The zero-order valence-electron chi connectivity index (χ0n) is 11.6. The van der Waals surface area contributed by atoms with Gasteiger partial charge in [-0.2, -0.15) is 0 Å². The zero-order valence-corrected chi connectivity index (χ0v) is 12.4. The Balaban J connectivity index is 3.95. The highest BCUT2D eigenvalue weighted by molar-refractivity contribution is 6.17. The quantitative estimate of drug-likeness (QED) is 0.593. The van der Waals surface area contributed by atoms with Crippen LogP contribution in [-0.2, 0) is 4.79 Å². The fourth-order valence-electron chi connectivity index (χ4n) is 1.97. The Morgan fingerprint density at radius 3 is 2.35 bits per heavy atom. The number of amides is 1. The minimum absolute atomic E-state index is 0.198. The molecule has 0 aromatic carbocycles. The van der Waals surface area contributed by atoms with Crippen LogP contribution in [0.2, 0.25) is 0 Å². The lowest BCUT2D eigenvalue weighted by Crippen LogP contribution is -2.34. The Morgan fingerprint density at radius 1 is 1.18 bits per heavy atom. The van der Waals surface area contributed by atoms with Crippen molar-refractivity contribution in [3.05, 3.63) is 0 Å². The lowest BCUT2D eigenvalue weighted by Gasteiger charge is -2.18. The third kappa shape index (κ3) is 7.64. The summed E-state index contributed by atoms with van der Waals surface area (Å²) in [5, 5.41) is 3.08. The molecule has 0 saturated carbocycles. The smallest absolute Gasteiger partial charge is 0.223 e. The molecule has 0 aromatic rings. The Kier molecular flexibility index (Phi) is 10.7. The molecule has 2 atom stereocenters. The summed E-state index contributed by atoms with van der Waals surface area (Å²) in [6, 6.07) is 0. The molecule has 0 spiro atoms. The van der Waals surface area contributed by atoms with Gasteiger partial charge in [0.15, 0.2) is 0 Å². The average Bonchev–Trinajstić information content (AvgIpc) is 2.35. The fraction of sp³-hybridized carbons (Fsp3) is 0.929. The normalized spacial score (nSPS) is 14.4. The largest absolute Gasteiger partial charge is 0.356 e. The van der Waals surface area contributed by atoms with Crippen LogP contribution in [0.1, 0.15) is 59.3 Å². The Hall–Kier alpha value is -0.240. The molecule has 0 aliphatic carbocycles. The van der Waals surface area contributed by atoms with E-state index in [1.807, 2.05) is 0 Å². The summed E-state index contributed by atoms with van der Waals surface area (Å²) in [5.74, 6) is 1.64. The van der Waals surface area contributed by atoms with E-state index in [1.54, 1.807) is 0 Å². The minimum Gasteiger partial charge on any atom is -0.356 e. The van der Waals surface area contributed by atoms with Crippen LogP contribution in [0.3, 0.4) is 0 Å². The topological polar surface area (TPSA) is 29.1 Å². The predicted molar refractivity (Wildman–Crippen MR) is 75.4 cm³/mol. The zero-order chi connectivity index (χ0) is 13.1. The fourth-order valence-corrected chi connectivity index (χ4v) is 2.27. The van der Waals surface area contributed by atoms with Gasteiger partial charge in [0.2, 0.25) is 5.91 Å². The number of carbonyl (C=O) groups excluding carboxylic acids is 1. The van der Waals surface area contributed by atoms with Crippen molar-refractivity contribution in [3.63, 3.8) is 0 Å². The second kappa shape index (κ2) is 10.9. The van der Waals surface area contributed by atoms with Crippen molar-refractivity contribution in [3.8, 4) is 0 Å². The predicted octanol–water partition coefficient (Wildman–Crippen LogP) is 3.97. The number of unbranched alkanes of at least 4 members (excludes halogenated alkanes) is 1. The second-order valence-corrected chi connectivity index (χ2v) is 5.12. The van der Waals surface area contributed by atoms with Gasteiger partial charge in [-0.15, -0.1) is 11.6 Å². The van der Waals surface area contributed by atoms with Gasteiger partial charge in [0, 0.05) is 18.3 Å². The van der Waals surface area contributed by atoms with Crippen molar-refractivity contribution in [2.75, 3.05) is 12.4 Å². The minimum atomic E-state index is 0.198. The monoisotopic (exact) mass is 261 g/mol. The highest BCUT2D eigenvalue weighted by atomic mass is 35.5. The first-order valence-corrected chi connectivity index (χ1v) is 7.56. The van der Waals surface area contributed by atoms with Crippen molar-refractivity contribution in [1.82, 2.24) is 5.32 Å². The highest BCUT2D eigenvalue weighted by Gasteiger charge is 2.16. The van der Waals surface area contributed by atoms with E-state index in [1.165, 1.54) is 0 Å². The lowest BCUT2D eigenvalue weighted by atomic mass is 9.97. The summed E-state index contributed by atoms with van der Waals surface area (Å²) in [7, 11) is 0. The van der Waals surface area contributed by atoms with E-state index in [9.17, 15) is 4.79 Å². The maximum Gasteiger partial charge on any atom is 0.223 e. The number of hydrogen-bond donors (Lipinski definition) is 1. The van der Waals surface area contributed by atoms with E-state index >= 15 is 0 Å². The molecule has 0 aromatic heterocycles. The molecule has 0 heterocycles.